The van der Waals surface area contributed by atoms with E-state index in [9.17, 15) is 9.59 Å². The molecular weight excluding hydrogens is 282 g/mol. The number of rotatable bonds is 8. The number of aromatic carboxylic acids is 1. The first-order valence-electron chi connectivity index (χ1n) is 7.47. The molecule has 0 aliphatic rings. The van der Waals surface area contributed by atoms with Crippen molar-refractivity contribution in [2.45, 2.75) is 40.2 Å². The van der Waals surface area contributed by atoms with Crippen molar-refractivity contribution in [3.05, 3.63) is 29.3 Å². The molecule has 0 saturated heterocycles. The fourth-order valence-electron chi connectivity index (χ4n) is 2.55. The molecule has 0 aromatic heterocycles. The van der Waals surface area contributed by atoms with E-state index in [0.717, 1.165) is 6.42 Å². The van der Waals surface area contributed by atoms with E-state index in [4.69, 9.17) is 9.84 Å². The molecule has 1 rings (SSSR count). The number of amides is 1. The van der Waals surface area contributed by atoms with Crippen LogP contribution in [0.25, 0.3) is 0 Å². The topological polar surface area (TPSA) is 75.6 Å². The van der Waals surface area contributed by atoms with Crippen LogP contribution in [0.4, 0.5) is 5.69 Å². The van der Waals surface area contributed by atoms with E-state index < -0.39 is 5.97 Å². The van der Waals surface area contributed by atoms with Crippen LogP contribution < -0.4 is 5.32 Å². The van der Waals surface area contributed by atoms with Gasteiger partial charge in [0.05, 0.1) is 12.2 Å². The lowest BCUT2D eigenvalue weighted by atomic mass is 9.96. The van der Waals surface area contributed by atoms with Crippen LogP contribution >= 0.6 is 0 Å². The largest absolute Gasteiger partial charge is 0.478 e. The van der Waals surface area contributed by atoms with E-state index in [2.05, 4.69) is 19.2 Å². The van der Waals surface area contributed by atoms with Crippen molar-refractivity contribution >= 4 is 17.6 Å². The lowest BCUT2D eigenvalue weighted by Gasteiger charge is -2.14. The molecule has 1 unspecified atom stereocenters. The molecule has 1 aromatic rings. The summed E-state index contributed by atoms with van der Waals surface area (Å²) in [5.74, 6) is -0.284. The van der Waals surface area contributed by atoms with Crippen LogP contribution in [-0.2, 0) is 16.1 Å². The summed E-state index contributed by atoms with van der Waals surface area (Å²) < 4.78 is 5.03. The molecule has 2 N–H and O–H groups in total. The Morgan fingerprint density at radius 2 is 1.91 bits per heavy atom. The van der Waals surface area contributed by atoms with Crippen LogP contribution in [0.5, 0.6) is 0 Å². The van der Waals surface area contributed by atoms with Crippen molar-refractivity contribution in [1.29, 1.82) is 0 Å². The molecule has 1 aromatic carbocycles. The minimum Gasteiger partial charge on any atom is -0.478 e. The molecule has 0 aliphatic carbocycles. The third-order valence-corrected chi connectivity index (χ3v) is 3.24. The highest BCUT2D eigenvalue weighted by atomic mass is 16.5. The summed E-state index contributed by atoms with van der Waals surface area (Å²) in [4.78, 5) is 23.2. The number of ether oxygens (including phenoxy) is 1. The van der Waals surface area contributed by atoms with E-state index in [-0.39, 0.29) is 11.5 Å². The quantitative estimate of drug-likeness (QED) is 0.770. The number of carboxylic acids is 1. The summed E-state index contributed by atoms with van der Waals surface area (Å²) in [6.45, 7) is 6.60. The Balaban J connectivity index is 2.78. The molecule has 1 atom stereocenters. The molecule has 5 nitrogen and oxygen atoms in total. The Morgan fingerprint density at radius 3 is 2.45 bits per heavy atom. The molecule has 0 bridgehead atoms. The predicted octanol–water partition coefficient (Wildman–Crippen LogP) is 3.54. The van der Waals surface area contributed by atoms with Gasteiger partial charge in [0.2, 0.25) is 5.91 Å². The van der Waals surface area contributed by atoms with Gasteiger partial charge in [0, 0.05) is 19.2 Å². The monoisotopic (exact) mass is 307 g/mol. The van der Waals surface area contributed by atoms with Crippen molar-refractivity contribution in [2.24, 2.45) is 11.8 Å². The zero-order valence-corrected chi connectivity index (χ0v) is 13.7. The Kier molecular flexibility index (Phi) is 7.05. The zero-order valence-electron chi connectivity index (χ0n) is 13.7. The standard InChI is InChI=1S/C17H25NO4/c1-11(2)5-12(3)6-16(19)18-15-8-13(10-22-4)7-14(9-15)17(20)21/h7-9,11-12H,5-6,10H2,1-4H3,(H,18,19)(H,20,21). The van der Waals surface area contributed by atoms with Crippen molar-refractivity contribution in [1.82, 2.24) is 0 Å². The van der Waals surface area contributed by atoms with Gasteiger partial charge in [-0.15, -0.1) is 0 Å². The van der Waals surface area contributed by atoms with Crippen LogP contribution in [0, 0.1) is 11.8 Å². The molecule has 0 saturated carbocycles. The Bertz CT molecular complexity index is 525. The lowest BCUT2D eigenvalue weighted by molar-refractivity contribution is -0.117. The maximum absolute atomic E-state index is 12.1. The maximum atomic E-state index is 12.1. The van der Waals surface area contributed by atoms with Gasteiger partial charge in [-0.2, -0.15) is 0 Å². The SMILES string of the molecule is COCc1cc(NC(=O)CC(C)CC(C)C)cc(C(=O)O)c1. The first-order chi connectivity index (χ1) is 10.3. The van der Waals surface area contributed by atoms with Gasteiger partial charge in [0.15, 0.2) is 0 Å². The van der Waals surface area contributed by atoms with E-state index in [1.54, 1.807) is 19.2 Å². The number of hydrogen-bond donors (Lipinski definition) is 2. The summed E-state index contributed by atoms with van der Waals surface area (Å²) in [7, 11) is 1.54. The molecule has 0 aliphatic heterocycles. The first-order valence-corrected chi connectivity index (χ1v) is 7.47. The second-order valence-electron chi connectivity index (χ2n) is 6.14. The number of benzene rings is 1. The molecule has 1 amide bonds. The normalized spacial score (nSPS) is 12.2. The molecule has 0 heterocycles. The highest BCUT2D eigenvalue weighted by molar-refractivity contribution is 5.94. The van der Waals surface area contributed by atoms with Crippen LogP contribution in [0.3, 0.4) is 0 Å². The van der Waals surface area contributed by atoms with E-state index >= 15 is 0 Å². The first kappa shape index (κ1) is 18.2. The number of hydrogen-bond acceptors (Lipinski definition) is 3. The van der Waals surface area contributed by atoms with Gasteiger partial charge in [0.1, 0.15) is 0 Å². The van der Waals surface area contributed by atoms with Crippen LogP contribution in [0.1, 0.15) is 49.5 Å². The van der Waals surface area contributed by atoms with E-state index in [1.165, 1.54) is 6.07 Å². The zero-order chi connectivity index (χ0) is 16.7. The van der Waals surface area contributed by atoms with Crippen LogP contribution in [-0.4, -0.2) is 24.1 Å². The molecule has 0 spiro atoms. The van der Waals surface area contributed by atoms with Crippen LogP contribution in [0.2, 0.25) is 0 Å². The van der Waals surface area contributed by atoms with E-state index in [1.807, 2.05) is 6.92 Å². The number of carbonyl (C=O) groups excluding carboxylic acids is 1. The average molecular weight is 307 g/mol. The summed E-state index contributed by atoms with van der Waals surface area (Å²) in [6, 6.07) is 4.75. The minimum absolute atomic E-state index is 0.0981. The second-order valence-corrected chi connectivity index (χ2v) is 6.14. The molecule has 122 valence electrons. The number of methoxy groups -OCH3 is 1. The fourth-order valence-corrected chi connectivity index (χ4v) is 2.55. The molecule has 22 heavy (non-hydrogen) atoms. The molecule has 0 fully saturated rings. The Hall–Kier alpha value is -1.88. The third kappa shape index (κ3) is 6.26. The molecule has 0 radical (unpaired) electrons. The van der Waals surface area contributed by atoms with Gasteiger partial charge in [-0.1, -0.05) is 20.8 Å². The van der Waals surface area contributed by atoms with Gasteiger partial charge in [0.25, 0.3) is 0 Å². The summed E-state index contributed by atoms with van der Waals surface area (Å²) in [6.07, 6.45) is 1.41. The highest BCUT2D eigenvalue weighted by Gasteiger charge is 2.13. The summed E-state index contributed by atoms with van der Waals surface area (Å²) in [5, 5.41) is 11.9. The van der Waals surface area contributed by atoms with Gasteiger partial charge >= 0.3 is 5.97 Å². The maximum Gasteiger partial charge on any atom is 0.335 e. The predicted molar refractivity (Wildman–Crippen MR) is 86.0 cm³/mol. The van der Waals surface area contributed by atoms with E-state index in [0.29, 0.717) is 36.1 Å². The summed E-state index contributed by atoms with van der Waals surface area (Å²) >= 11 is 0. The van der Waals surface area contributed by atoms with Gasteiger partial charge in [-0.05, 0) is 42.0 Å². The molecular formula is C17H25NO4. The van der Waals surface area contributed by atoms with Crippen molar-refractivity contribution in [2.75, 3.05) is 12.4 Å². The van der Waals surface area contributed by atoms with Crippen molar-refractivity contribution < 1.29 is 19.4 Å². The third-order valence-electron chi connectivity index (χ3n) is 3.24. The number of anilines is 1. The van der Waals surface area contributed by atoms with Crippen molar-refractivity contribution in [3.63, 3.8) is 0 Å². The Labute approximate surface area is 131 Å². The van der Waals surface area contributed by atoms with Crippen molar-refractivity contribution in [3.8, 4) is 0 Å². The fraction of sp³-hybridized carbons (Fsp3) is 0.529. The summed E-state index contributed by atoms with van der Waals surface area (Å²) in [5.41, 5.74) is 1.35. The van der Waals surface area contributed by atoms with Gasteiger partial charge in [-0.25, -0.2) is 4.79 Å². The highest BCUT2D eigenvalue weighted by Crippen LogP contribution is 2.19. The lowest BCUT2D eigenvalue weighted by Crippen LogP contribution is -2.16. The minimum atomic E-state index is -1.03. The Morgan fingerprint density at radius 1 is 1.23 bits per heavy atom. The average Bonchev–Trinajstić information content (AvgIpc) is 2.37. The molecule has 5 heteroatoms. The number of carboxylic acid groups (broad SMARTS) is 1. The van der Waals surface area contributed by atoms with Crippen LogP contribution in [0.15, 0.2) is 18.2 Å². The second kappa shape index (κ2) is 8.54. The van der Waals surface area contributed by atoms with Gasteiger partial charge in [-0.3, -0.25) is 4.79 Å². The smallest absolute Gasteiger partial charge is 0.335 e. The van der Waals surface area contributed by atoms with Gasteiger partial charge < -0.3 is 15.2 Å². The number of carbonyl (C=O) groups is 2. The number of nitrogens with one attached hydrogen (secondary N) is 1.